The number of nitrogens with zero attached hydrogens (tertiary/aromatic N) is 2. The molecule has 0 spiro atoms. The number of fused-ring (bicyclic) bond motifs is 1. The highest BCUT2D eigenvalue weighted by Gasteiger charge is 2.33. The molecule has 1 aromatic carbocycles. The maximum Gasteiger partial charge on any atom is 0.242 e. The van der Waals surface area contributed by atoms with Crippen LogP contribution in [0.3, 0.4) is 0 Å². The Balaban J connectivity index is 1.51. The van der Waals surface area contributed by atoms with Crippen molar-refractivity contribution < 1.29 is 14.3 Å². The number of benzene rings is 1. The van der Waals surface area contributed by atoms with Crippen LogP contribution < -0.4 is 14.8 Å². The molecule has 2 aliphatic heterocycles. The van der Waals surface area contributed by atoms with E-state index < -0.39 is 0 Å². The van der Waals surface area contributed by atoms with Crippen molar-refractivity contribution in [2.45, 2.75) is 38.3 Å². The Morgan fingerprint density at radius 2 is 2.11 bits per heavy atom. The molecule has 2 aromatic rings. The lowest BCUT2D eigenvalue weighted by Crippen LogP contribution is -2.41. The van der Waals surface area contributed by atoms with Gasteiger partial charge in [0.1, 0.15) is 11.1 Å². The third-order valence-corrected chi connectivity index (χ3v) is 6.18. The summed E-state index contributed by atoms with van der Waals surface area (Å²) in [4.78, 5) is 15.1. The molecular weight excluding hydrogens is 374 g/mol. The molecule has 0 unspecified atom stereocenters. The van der Waals surface area contributed by atoms with Crippen molar-refractivity contribution in [2.75, 3.05) is 25.1 Å². The molecule has 146 valence electrons. The third kappa shape index (κ3) is 3.71. The zero-order valence-electron chi connectivity index (χ0n) is 15.8. The lowest BCUT2D eigenvalue weighted by Gasteiger charge is -2.30. The number of amides is 1. The molecule has 1 fully saturated rings. The van der Waals surface area contributed by atoms with Crippen LogP contribution in [0.2, 0.25) is 0 Å². The largest absolute Gasteiger partial charge is 0.490 e. The van der Waals surface area contributed by atoms with E-state index in [1.54, 1.807) is 6.07 Å². The Hall–Kier alpha value is -2.56. The molecule has 2 atom stereocenters. The smallest absolute Gasteiger partial charge is 0.242 e. The van der Waals surface area contributed by atoms with Gasteiger partial charge < -0.3 is 14.8 Å². The second-order valence-electron chi connectivity index (χ2n) is 7.09. The monoisotopic (exact) mass is 397 g/mol. The molecule has 1 N–H and O–H groups in total. The van der Waals surface area contributed by atoms with E-state index in [1.807, 2.05) is 18.4 Å². The lowest BCUT2D eigenvalue weighted by molar-refractivity contribution is -0.121. The number of anilines is 1. The Bertz CT molecular complexity index is 905. The fourth-order valence-corrected chi connectivity index (χ4v) is 4.60. The normalized spacial score (nSPS) is 20.2. The molecule has 6 nitrogen and oxygen atoms in total. The van der Waals surface area contributed by atoms with E-state index in [0.29, 0.717) is 23.8 Å². The van der Waals surface area contributed by atoms with Crippen molar-refractivity contribution in [2.24, 2.45) is 0 Å². The average Bonchev–Trinajstić information content (AvgIpc) is 3.31. The second kappa shape index (κ2) is 8.21. The maximum atomic E-state index is 12.8. The molecular formula is C21H23N3O3S. The van der Waals surface area contributed by atoms with Gasteiger partial charge in [0.2, 0.25) is 5.91 Å². The highest BCUT2D eigenvalue weighted by Crippen LogP contribution is 2.39. The number of ether oxygens (including phenoxy) is 2. The average molecular weight is 398 g/mol. The number of rotatable bonds is 4. The summed E-state index contributed by atoms with van der Waals surface area (Å²) in [6.07, 6.45) is 2.92. The standard InChI is InChI=1S/C21H23N3O3S/c1-14(20(25)23-21-16(13-22)7-11-28-21)24-8-2-4-17(24)15-5-6-18-19(12-15)27-10-3-9-26-18/h5-7,11-12,14,17H,2-4,8-10H2,1H3,(H,23,25)/t14-,17-/m1/s1. The molecule has 0 saturated carbocycles. The minimum absolute atomic E-state index is 0.0832. The molecule has 7 heteroatoms. The summed E-state index contributed by atoms with van der Waals surface area (Å²) in [7, 11) is 0. The Kier molecular flexibility index (Phi) is 5.51. The van der Waals surface area contributed by atoms with Crippen LogP contribution in [-0.4, -0.2) is 36.6 Å². The van der Waals surface area contributed by atoms with Crippen LogP contribution in [0.5, 0.6) is 11.5 Å². The molecule has 1 saturated heterocycles. The van der Waals surface area contributed by atoms with Crippen molar-refractivity contribution in [1.29, 1.82) is 5.26 Å². The molecule has 1 amide bonds. The van der Waals surface area contributed by atoms with Gasteiger partial charge in [0.15, 0.2) is 11.5 Å². The van der Waals surface area contributed by atoms with Gasteiger partial charge in [-0.25, -0.2) is 0 Å². The van der Waals surface area contributed by atoms with E-state index in [1.165, 1.54) is 11.3 Å². The molecule has 4 rings (SSSR count). The molecule has 28 heavy (non-hydrogen) atoms. The fraction of sp³-hybridized carbons (Fsp3) is 0.429. The first-order chi connectivity index (χ1) is 13.7. The number of thiophene rings is 1. The quantitative estimate of drug-likeness (QED) is 0.846. The number of carbonyl (C=O) groups excluding carboxylic acids is 1. The fourth-order valence-electron chi connectivity index (χ4n) is 3.86. The summed E-state index contributed by atoms with van der Waals surface area (Å²) in [5.41, 5.74) is 1.65. The van der Waals surface area contributed by atoms with E-state index in [-0.39, 0.29) is 18.0 Å². The number of hydrogen-bond donors (Lipinski definition) is 1. The van der Waals surface area contributed by atoms with Gasteiger partial charge >= 0.3 is 0 Å². The minimum atomic E-state index is -0.294. The van der Waals surface area contributed by atoms with Gasteiger partial charge in [-0.3, -0.25) is 9.69 Å². The van der Waals surface area contributed by atoms with E-state index >= 15 is 0 Å². The summed E-state index contributed by atoms with van der Waals surface area (Å²) in [5, 5.41) is 14.5. The summed E-state index contributed by atoms with van der Waals surface area (Å²) in [6.45, 7) is 4.12. The minimum Gasteiger partial charge on any atom is -0.490 e. The summed E-state index contributed by atoms with van der Waals surface area (Å²) in [6, 6.07) is 9.82. The van der Waals surface area contributed by atoms with E-state index in [0.717, 1.165) is 42.9 Å². The number of likely N-dealkylation sites (tertiary alicyclic amines) is 1. The van der Waals surface area contributed by atoms with Crippen molar-refractivity contribution in [3.8, 4) is 17.6 Å². The molecule has 0 aliphatic carbocycles. The van der Waals surface area contributed by atoms with Gasteiger partial charge in [-0.2, -0.15) is 5.26 Å². The van der Waals surface area contributed by atoms with Crippen molar-refractivity contribution >= 4 is 22.2 Å². The first kappa shape index (κ1) is 18.8. The number of nitrogens with one attached hydrogen (secondary N) is 1. The van der Waals surface area contributed by atoms with Gasteiger partial charge in [-0.1, -0.05) is 6.07 Å². The Labute approximate surface area is 168 Å². The zero-order valence-corrected chi connectivity index (χ0v) is 16.6. The van der Waals surface area contributed by atoms with E-state index in [9.17, 15) is 4.79 Å². The predicted molar refractivity (Wildman–Crippen MR) is 108 cm³/mol. The number of nitriles is 1. The highest BCUT2D eigenvalue weighted by molar-refractivity contribution is 7.14. The van der Waals surface area contributed by atoms with Crippen LogP contribution in [-0.2, 0) is 4.79 Å². The Morgan fingerprint density at radius 3 is 2.93 bits per heavy atom. The van der Waals surface area contributed by atoms with Crippen LogP contribution >= 0.6 is 11.3 Å². The summed E-state index contributed by atoms with van der Waals surface area (Å²) < 4.78 is 11.6. The third-order valence-electron chi connectivity index (χ3n) is 5.35. The van der Waals surface area contributed by atoms with Crippen LogP contribution in [0.15, 0.2) is 29.6 Å². The topological polar surface area (TPSA) is 74.6 Å². The van der Waals surface area contributed by atoms with Gasteiger partial charge in [0.05, 0.1) is 24.8 Å². The maximum absolute atomic E-state index is 12.8. The number of hydrogen-bond acceptors (Lipinski definition) is 6. The molecule has 0 bridgehead atoms. The van der Waals surface area contributed by atoms with Crippen LogP contribution in [0, 0.1) is 11.3 Å². The molecule has 3 heterocycles. The van der Waals surface area contributed by atoms with Gasteiger partial charge in [-0.05, 0) is 55.5 Å². The van der Waals surface area contributed by atoms with Crippen molar-refractivity contribution in [3.05, 3.63) is 40.8 Å². The van der Waals surface area contributed by atoms with Crippen LogP contribution in [0.4, 0.5) is 5.00 Å². The second-order valence-corrected chi connectivity index (χ2v) is 8.01. The first-order valence-electron chi connectivity index (χ1n) is 9.61. The zero-order chi connectivity index (χ0) is 19.5. The molecule has 2 aliphatic rings. The Morgan fingerprint density at radius 1 is 1.29 bits per heavy atom. The highest BCUT2D eigenvalue weighted by atomic mass is 32.1. The van der Waals surface area contributed by atoms with E-state index in [2.05, 4.69) is 28.4 Å². The SMILES string of the molecule is C[C@H](C(=O)Nc1sccc1C#N)N1CCC[C@@H]1c1ccc2c(c1)OCCCO2. The van der Waals surface area contributed by atoms with Gasteiger partial charge in [0.25, 0.3) is 0 Å². The lowest BCUT2D eigenvalue weighted by atomic mass is 10.0. The first-order valence-corrected chi connectivity index (χ1v) is 10.5. The van der Waals surface area contributed by atoms with Gasteiger partial charge in [0, 0.05) is 12.5 Å². The van der Waals surface area contributed by atoms with Gasteiger partial charge in [-0.15, -0.1) is 11.3 Å². The molecule has 1 aromatic heterocycles. The van der Waals surface area contributed by atoms with Crippen molar-refractivity contribution in [1.82, 2.24) is 4.90 Å². The van der Waals surface area contributed by atoms with Crippen molar-refractivity contribution in [3.63, 3.8) is 0 Å². The molecule has 0 radical (unpaired) electrons. The number of carbonyl (C=O) groups is 1. The summed E-state index contributed by atoms with van der Waals surface area (Å²) in [5.74, 6) is 1.50. The van der Waals surface area contributed by atoms with Crippen LogP contribution in [0.1, 0.15) is 43.4 Å². The summed E-state index contributed by atoms with van der Waals surface area (Å²) >= 11 is 1.37. The van der Waals surface area contributed by atoms with E-state index in [4.69, 9.17) is 14.7 Å². The van der Waals surface area contributed by atoms with Crippen LogP contribution in [0.25, 0.3) is 0 Å². The predicted octanol–water partition coefficient (Wildman–Crippen LogP) is 3.95.